The summed E-state index contributed by atoms with van der Waals surface area (Å²) in [6.45, 7) is 0. The molecule has 2 N–H and O–H groups in total. The molecular formula is C14H10F2N2OS. The Morgan fingerprint density at radius 1 is 1.15 bits per heavy atom. The van der Waals surface area contributed by atoms with Crippen LogP contribution in [-0.4, -0.2) is 4.21 Å². The predicted octanol–water partition coefficient (Wildman–Crippen LogP) is 2.73. The molecule has 6 heteroatoms. The fourth-order valence-corrected chi connectivity index (χ4v) is 2.74. The molecule has 0 aliphatic rings. The summed E-state index contributed by atoms with van der Waals surface area (Å²) in [6, 6.07) is 9.57. The maximum Gasteiger partial charge on any atom is 0.147 e. The van der Waals surface area contributed by atoms with E-state index in [-0.39, 0.29) is 17.0 Å². The SMILES string of the molecule is N#Cc1cc(CS(=O)c2ccc(N)c(F)c2)ccc1F. The highest BCUT2D eigenvalue weighted by Gasteiger charge is 2.10. The molecule has 1 atom stereocenters. The van der Waals surface area contributed by atoms with Crippen LogP contribution in [0.4, 0.5) is 14.5 Å². The topological polar surface area (TPSA) is 66.9 Å². The van der Waals surface area contributed by atoms with E-state index in [2.05, 4.69) is 0 Å². The number of nitrogens with zero attached hydrogens (tertiary/aromatic N) is 1. The van der Waals surface area contributed by atoms with E-state index in [1.807, 2.05) is 0 Å². The van der Waals surface area contributed by atoms with Crippen molar-refractivity contribution in [1.82, 2.24) is 0 Å². The molecule has 2 aromatic rings. The lowest BCUT2D eigenvalue weighted by Crippen LogP contribution is -2.00. The van der Waals surface area contributed by atoms with Crippen LogP contribution in [0.2, 0.25) is 0 Å². The largest absolute Gasteiger partial charge is 0.396 e. The van der Waals surface area contributed by atoms with Crippen LogP contribution in [-0.2, 0) is 16.6 Å². The van der Waals surface area contributed by atoms with Gasteiger partial charge in [0.2, 0.25) is 0 Å². The molecule has 0 radical (unpaired) electrons. The Balaban J connectivity index is 2.23. The number of nitrogen functional groups attached to an aromatic ring is 1. The molecule has 0 fully saturated rings. The summed E-state index contributed by atoms with van der Waals surface area (Å²) >= 11 is 0. The molecule has 3 nitrogen and oxygen atoms in total. The molecule has 0 bridgehead atoms. The van der Waals surface area contributed by atoms with Crippen LogP contribution in [0, 0.1) is 23.0 Å². The lowest BCUT2D eigenvalue weighted by molar-refractivity contribution is 0.623. The second kappa shape index (κ2) is 5.80. The summed E-state index contributed by atoms with van der Waals surface area (Å²) in [5, 5.41) is 8.73. The minimum atomic E-state index is -1.50. The highest BCUT2D eigenvalue weighted by Crippen LogP contribution is 2.18. The van der Waals surface area contributed by atoms with Crippen LogP contribution in [0.15, 0.2) is 41.3 Å². The van der Waals surface area contributed by atoms with Gasteiger partial charge in [0.15, 0.2) is 0 Å². The molecule has 0 amide bonds. The van der Waals surface area contributed by atoms with Gasteiger partial charge >= 0.3 is 0 Å². The van der Waals surface area contributed by atoms with Crippen LogP contribution in [0.1, 0.15) is 11.1 Å². The smallest absolute Gasteiger partial charge is 0.147 e. The number of hydrogen-bond donors (Lipinski definition) is 1. The summed E-state index contributed by atoms with van der Waals surface area (Å²) in [4.78, 5) is 0.291. The number of rotatable bonds is 3. The molecule has 0 aromatic heterocycles. The first-order valence-corrected chi connectivity index (χ1v) is 6.95. The zero-order valence-corrected chi connectivity index (χ0v) is 11.1. The van der Waals surface area contributed by atoms with Crippen LogP contribution < -0.4 is 5.73 Å². The van der Waals surface area contributed by atoms with Crippen LogP contribution in [0.3, 0.4) is 0 Å². The van der Waals surface area contributed by atoms with Gasteiger partial charge in [0, 0.05) is 4.90 Å². The fraction of sp³-hybridized carbons (Fsp3) is 0.0714. The highest BCUT2D eigenvalue weighted by molar-refractivity contribution is 7.84. The minimum absolute atomic E-state index is 0.0145. The van der Waals surface area contributed by atoms with Gasteiger partial charge in [0.1, 0.15) is 17.7 Å². The van der Waals surface area contributed by atoms with Crippen molar-refractivity contribution >= 4 is 16.5 Å². The molecular weight excluding hydrogens is 282 g/mol. The summed E-state index contributed by atoms with van der Waals surface area (Å²) in [5.41, 5.74) is 5.76. The number of nitriles is 1. The van der Waals surface area contributed by atoms with Gasteiger partial charge in [-0.15, -0.1) is 0 Å². The van der Waals surface area contributed by atoms with E-state index in [4.69, 9.17) is 11.0 Å². The van der Waals surface area contributed by atoms with Crippen molar-refractivity contribution in [1.29, 1.82) is 5.26 Å². The van der Waals surface area contributed by atoms with Crippen molar-refractivity contribution in [2.75, 3.05) is 5.73 Å². The van der Waals surface area contributed by atoms with E-state index in [1.165, 1.54) is 24.3 Å². The van der Waals surface area contributed by atoms with Crippen molar-refractivity contribution in [3.05, 3.63) is 59.2 Å². The number of benzene rings is 2. The van der Waals surface area contributed by atoms with Crippen LogP contribution in [0.25, 0.3) is 0 Å². The fourth-order valence-electron chi connectivity index (χ4n) is 1.63. The summed E-state index contributed by atoms with van der Waals surface area (Å²) < 4.78 is 38.6. The number of hydrogen-bond acceptors (Lipinski definition) is 3. The monoisotopic (exact) mass is 292 g/mol. The number of nitrogens with two attached hydrogens (primary N) is 1. The Bertz CT molecular complexity index is 726. The second-order valence-electron chi connectivity index (χ2n) is 4.10. The van der Waals surface area contributed by atoms with Crippen molar-refractivity contribution in [2.24, 2.45) is 0 Å². The third-order valence-corrected chi connectivity index (χ3v) is 4.06. The lowest BCUT2D eigenvalue weighted by atomic mass is 10.1. The molecule has 20 heavy (non-hydrogen) atoms. The first kappa shape index (κ1) is 14.2. The van der Waals surface area contributed by atoms with Crippen molar-refractivity contribution in [3.8, 4) is 6.07 Å². The quantitative estimate of drug-likeness (QED) is 0.884. The molecule has 102 valence electrons. The molecule has 0 aliphatic carbocycles. The molecule has 0 heterocycles. The van der Waals surface area contributed by atoms with Crippen LogP contribution in [0.5, 0.6) is 0 Å². The van der Waals surface area contributed by atoms with E-state index in [9.17, 15) is 13.0 Å². The molecule has 0 aliphatic heterocycles. The van der Waals surface area contributed by atoms with Crippen molar-refractivity contribution in [2.45, 2.75) is 10.6 Å². The zero-order valence-electron chi connectivity index (χ0n) is 10.3. The summed E-state index contributed by atoms with van der Waals surface area (Å²) in [6.07, 6.45) is 0. The van der Waals surface area contributed by atoms with Crippen LogP contribution >= 0.6 is 0 Å². The third-order valence-electron chi connectivity index (χ3n) is 2.68. The molecule has 0 saturated heterocycles. The van der Waals surface area contributed by atoms with Gasteiger partial charge < -0.3 is 5.73 Å². The van der Waals surface area contributed by atoms with Gasteiger partial charge in [-0.3, -0.25) is 4.21 Å². The van der Waals surface area contributed by atoms with Gasteiger partial charge in [-0.1, -0.05) is 6.07 Å². The Labute approximate surface area is 117 Å². The maximum absolute atomic E-state index is 13.3. The zero-order chi connectivity index (χ0) is 14.7. The van der Waals surface area contributed by atoms with E-state index in [0.29, 0.717) is 10.5 Å². The number of anilines is 1. The minimum Gasteiger partial charge on any atom is -0.396 e. The molecule has 2 rings (SSSR count). The Kier molecular flexibility index (Phi) is 4.11. The van der Waals surface area contributed by atoms with Gasteiger partial charge in [-0.2, -0.15) is 5.26 Å². The Morgan fingerprint density at radius 2 is 1.90 bits per heavy atom. The highest BCUT2D eigenvalue weighted by atomic mass is 32.2. The van der Waals surface area contributed by atoms with Gasteiger partial charge in [-0.05, 0) is 35.9 Å². The maximum atomic E-state index is 13.3. The van der Waals surface area contributed by atoms with Crippen molar-refractivity contribution < 1.29 is 13.0 Å². The molecule has 0 saturated carbocycles. The number of halogens is 2. The van der Waals surface area contributed by atoms with E-state index in [0.717, 1.165) is 12.1 Å². The molecule has 0 spiro atoms. The second-order valence-corrected chi connectivity index (χ2v) is 5.55. The summed E-state index contributed by atoms with van der Waals surface area (Å²) in [5.74, 6) is -1.19. The molecule has 1 unspecified atom stereocenters. The lowest BCUT2D eigenvalue weighted by Gasteiger charge is -2.05. The molecule has 2 aromatic carbocycles. The summed E-state index contributed by atoms with van der Waals surface area (Å²) in [7, 11) is -1.50. The van der Waals surface area contributed by atoms with Gasteiger partial charge in [0.05, 0.1) is 27.8 Å². The first-order valence-electron chi connectivity index (χ1n) is 5.63. The van der Waals surface area contributed by atoms with E-state index < -0.39 is 22.4 Å². The van der Waals surface area contributed by atoms with E-state index >= 15 is 0 Å². The Hall–Kier alpha value is -2.26. The normalized spacial score (nSPS) is 11.8. The van der Waals surface area contributed by atoms with Crippen molar-refractivity contribution in [3.63, 3.8) is 0 Å². The first-order chi connectivity index (χ1) is 9.51. The Morgan fingerprint density at radius 3 is 2.55 bits per heavy atom. The predicted molar refractivity (Wildman–Crippen MR) is 72.0 cm³/mol. The van der Waals surface area contributed by atoms with Gasteiger partial charge in [0.25, 0.3) is 0 Å². The van der Waals surface area contributed by atoms with E-state index in [1.54, 1.807) is 6.07 Å². The average Bonchev–Trinajstić information content (AvgIpc) is 2.43. The average molecular weight is 292 g/mol. The third kappa shape index (κ3) is 3.00. The van der Waals surface area contributed by atoms with Gasteiger partial charge in [-0.25, -0.2) is 8.78 Å². The standard InChI is InChI=1S/C14H10F2N2OS/c15-12-3-1-9(5-10(12)7-17)8-20(19)11-2-4-14(18)13(16)6-11/h1-6H,8,18H2.